The number of aromatic nitrogens is 1. The van der Waals surface area contributed by atoms with Crippen molar-refractivity contribution in [1.82, 2.24) is 4.98 Å². The van der Waals surface area contributed by atoms with Gasteiger partial charge in [-0.1, -0.05) is 114 Å². The quantitative estimate of drug-likeness (QED) is 0.0794. The van der Waals surface area contributed by atoms with Crippen LogP contribution in [0.15, 0.2) is 72.6 Å². The molecule has 0 bridgehead atoms. The summed E-state index contributed by atoms with van der Waals surface area (Å²) < 4.78 is 0. The largest absolute Gasteiger partial charge is 0.512 e. The second kappa shape index (κ2) is 15.3. The maximum atomic E-state index is 12.2. The number of nitriles is 1. The molecule has 6 heteroatoms. The summed E-state index contributed by atoms with van der Waals surface area (Å²) in [5.74, 6) is 0.286. The number of nitrogens with zero attached hydrogens (tertiary/aromatic N) is 2. The van der Waals surface area contributed by atoms with Gasteiger partial charge in [0.25, 0.3) is 0 Å². The first-order valence-electron chi connectivity index (χ1n) is 15.5. The number of rotatable bonds is 9. The van der Waals surface area contributed by atoms with Gasteiger partial charge >= 0.3 is 0 Å². The van der Waals surface area contributed by atoms with Crippen molar-refractivity contribution in [3.8, 4) is 17.3 Å². The van der Waals surface area contributed by atoms with E-state index >= 15 is 0 Å². The van der Waals surface area contributed by atoms with Gasteiger partial charge in [-0.15, -0.1) is 23.6 Å². The van der Waals surface area contributed by atoms with Crippen molar-refractivity contribution in [2.24, 2.45) is 10.8 Å². The second-order valence-electron chi connectivity index (χ2n) is 13.0. The van der Waals surface area contributed by atoms with E-state index in [1.807, 2.05) is 78.1 Å². The molecule has 4 nitrogen and oxygen atoms in total. The Morgan fingerprint density at radius 1 is 0.909 bits per heavy atom. The third-order valence-corrected chi connectivity index (χ3v) is 11.4. The number of aliphatic hydroxyl groups is 1. The number of carbonyl (C=O) groups excluding carboxylic acids is 1. The molecule has 4 rings (SSSR count). The number of carbonyl (C=O) groups is 1. The fourth-order valence-corrected chi connectivity index (χ4v) is 6.83. The number of hydrogen-bond donors (Lipinski definition) is 1. The van der Waals surface area contributed by atoms with E-state index in [-0.39, 0.29) is 42.5 Å². The minimum absolute atomic E-state index is 0. The van der Waals surface area contributed by atoms with Crippen LogP contribution in [0.25, 0.3) is 32.8 Å². The summed E-state index contributed by atoms with van der Waals surface area (Å²) in [5.41, 5.74) is 1.83. The number of allylic oxidation sites excluding steroid dienone is 2. The molecule has 0 saturated carbocycles. The molecule has 1 aromatic heterocycles. The fourth-order valence-electron chi connectivity index (χ4n) is 5.21. The zero-order valence-corrected chi connectivity index (χ0v) is 31.2. The van der Waals surface area contributed by atoms with E-state index in [1.54, 1.807) is 0 Å². The molecule has 0 spiro atoms. The van der Waals surface area contributed by atoms with Crippen LogP contribution in [-0.4, -0.2) is 23.9 Å². The van der Waals surface area contributed by atoms with Crippen LogP contribution in [0.2, 0.25) is 19.6 Å². The summed E-state index contributed by atoms with van der Waals surface area (Å²) in [6, 6.07) is 24.2. The van der Waals surface area contributed by atoms with Crippen molar-refractivity contribution < 1.29 is 30.0 Å². The number of benzene rings is 3. The SMILES string of the molecule is CCC(C)(CC)C(=O)/C=C(\O)C(C)(CC)CC.C[Si](C)(C)c1cccc2c(-c3[c-]c4ccccc4c(C#N)c3)nccc12.[Ir]. The van der Waals surface area contributed by atoms with E-state index in [0.29, 0.717) is 5.56 Å². The summed E-state index contributed by atoms with van der Waals surface area (Å²) in [7, 11) is -1.47. The Kier molecular flexibility index (Phi) is 12.9. The Balaban J connectivity index is 0.000000331. The summed E-state index contributed by atoms with van der Waals surface area (Å²) in [4.78, 5) is 16.8. The maximum Gasteiger partial charge on any atom is 0.164 e. The van der Waals surface area contributed by atoms with Crippen LogP contribution in [0, 0.1) is 28.2 Å². The van der Waals surface area contributed by atoms with Gasteiger partial charge in [0, 0.05) is 48.9 Å². The van der Waals surface area contributed by atoms with Crippen LogP contribution < -0.4 is 5.19 Å². The number of pyridine rings is 1. The predicted octanol–water partition coefficient (Wildman–Crippen LogP) is 9.92. The van der Waals surface area contributed by atoms with Crippen molar-refractivity contribution in [3.63, 3.8) is 0 Å². The normalized spacial score (nSPS) is 12.2. The zero-order chi connectivity index (χ0) is 32.0. The van der Waals surface area contributed by atoms with Crippen molar-refractivity contribution in [2.45, 2.75) is 86.9 Å². The Hall–Kier alpha value is -3.10. The third kappa shape index (κ3) is 7.94. The van der Waals surface area contributed by atoms with E-state index in [0.717, 1.165) is 53.1 Å². The molecule has 0 amide bonds. The van der Waals surface area contributed by atoms with Crippen LogP contribution in [0.1, 0.15) is 72.8 Å². The minimum Gasteiger partial charge on any atom is -0.512 e. The third-order valence-electron chi connectivity index (χ3n) is 9.37. The topological polar surface area (TPSA) is 74.0 Å². The molecule has 1 heterocycles. The van der Waals surface area contributed by atoms with E-state index < -0.39 is 8.07 Å². The molecule has 1 N–H and O–H groups in total. The van der Waals surface area contributed by atoms with Crippen molar-refractivity contribution in [3.05, 3.63) is 84.3 Å². The van der Waals surface area contributed by atoms with Crippen molar-refractivity contribution >= 4 is 40.6 Å². The van der Waals surface area contributed by atoms with Gasteiger partial charge in [0.2, 0.25) is 0 Å². The molecule has 0 aliphatic carbocycles. The van der Waals surface area contributed by atoms with Gasteiger partial charge in [-0.2, -0.15) is 5.26 Å². The van der Waals surface area contributed by atoms with Gasteiger partial charge in [0.15, 0.2) is 5.78 Å². The average Bonchev–Trinajstić information content (AvgIpc) is 3.02. The Morgan fingerprint density at radius 2 is 1.50 bits per heavy atom. The van der Waals surface area contributed by atoms with Gasteiger partial charge in [-0.25, -0.2) is 0 Å². The van der Waals surface area contributed by atoms with Gasteiger partial charge in [0.1, 0.15) is 5.76 Å². The molecule has 0 aliphatic heterocycles. The summed E-state index contributed by atoms with van der Waals surface area (Å²) >= 11 is 0. The maximum absolute atomic E-state index is 12.2. The summed E-state index contributed by atoms with van der Waals surface area (Å²) in [5, 5.41) is 25.4. The van der Waals surface area contributed by atoms with Crippen LogP contribution >= 0.6 is 0 Å². The van der Waals surface area contributed by atoms with Gasteiger partial charge < -0.3 is 5.11 Å². The van der Waals surface area contributed by atoms with Gasteiger partial charge in [0.05, 0.1) is 14.1 Å². The Labute approximate surface area is 279 Å². The van der Waals surface area contributed by atoms with Crippen LogP contribution in [-0.2, 0) is 24.9 Å². The molecule has 0 saturated heterocycles. The predicted molar refractivity (Wildman–Crippen MR) is 184 cm³/mol. The van der Waals surface area contributed by atoms with Crippen LogP contribution in [0.5, 0.6) is 0 Å². The molecule has 0 unspecified atom stereocenters. The zero-order valence-electron chi connectivity index (χ0n) is 27.8. The fraction of sp³-hybridized carbons (Fsp3) is 0.395. The van der Waals surface area contributed by atoms with Gasteiger partial charge in [-0.3, -0.25) is 9.78 Å². The standard InChI is InChI=1S/C23H19N2Si.C15H28O2.Ir/c1-26(2,3)22-10-6-9-21-20(22)11-12-25-23(21)17-13-16-7-4-5-8-19(16)18(14-17)15-24;1-7-14(5,8-2)12(16)11-13(17)15(6,9-3)10-4;/h4-12,14H,1-3H3;11,16H,7-10H2,1-6H3;/q-1;;/b;12-11-;. The van der Waals surface area contributed by atoms with Crippen molar-refractivity contribution in [2.75, 3.05) is 0 Å². The summed E-state index contributed by atoms with van der Waals surface area (Å²) in [6.07, 6.45) is 6.63. The molecule has 0 atom stereocenters. The summed E-state index contributed by atoms with van der Waals surface area (Å²) in [6.45, 7) is 19.2. The second-order valence-corrected chi connectivity index (χ2v) is 18.0. The minimum atomic E-state index is -1.47. The van der Waals surface area contributed by atoms with E-state index in [1.165, 1.54) is 16.6 Å². The van der Waals surface area contributed by atoms with E-state index in [2.05, 4.69) is 61.0 Å². The van der Waals surface area contributed by atoms with Crippen LogP contribution in [0.4, 0.5) is 0 Å². The van der Waals surface area contributed by atoms with Gasteiger partial charge in [-0.05, 0) is 48.1 Å². The average molecular weight is 784 g/mol. The first kappa shape index (κ1) is 37.1. The molecule has 44 heavy (non-hydrogen) atoms. The van der Waals surface area contributed by atoms with Crippen molar-refractivity contribution in [1.29, 1.82) is 5.26 Å². The first-order valence-corrected chi connectivity index (χ1v) is 19.0. The molecule has 235 valence electrons. The first-order chi connectivity index (χ1) is 20.3. The number of hydrogen-bond acceptors (Lipinski definition) is 4. The van der Waals surface area contributed by atoms with Crippen LogP contribution in [0.3, 0.4) is 0 Å². The molecular weight excluding hydrogens is 737 g/mol. The van der Waals surface area contributed by atoms with E-state index in [9.17, 15) is 15.2 Å². The van der Waals surface area contributed by atoms with E-state index in [4.69, 9.17) is 0 Å². The molecule has 1 radical (unpaired) electrons. The Morgan fingerprint density at radius 3 is 2.07 bits per heavy atom. The smallest absolute Gasteiger partial charge is 0.164 e. The number of aliphatic hydroxyl groups excluding tert-OH is 1. The molecule has 3 aromatic carbocycles. The monoisotopic (exact) mass is 784 g/mol. The number of fused-ring (bicyclic) bond motifs is 2. The molecule has 0 aliphatic rings. The molecule has 0 fully saturated rings. The number of ketones is 1. The Bertz CT molecular complexity index is 1670. The molecule has 4 aromatic rings. The molecular formula is C38H47IrN2O2Si-.